The second kappa shape index (κ2) is 7.37. The fraction of sp³-hybridized carbons (Fsp3) is 0.429. The summed E-state index contributed by atoms with van der Waals surface area (Å²) in [5, 5.41) is 11.3. The van der Waals surface area contributed by atoms with Crippen molar-refractivity contribution in [3.63, 3.8) is 0 Å². The van der Waals surface area contributed by atoms with Crippen LogP contribution in [0.15, 0.2) is 29.2 Å². The Hall–Kier alpha value is -1.93. The number of rotatable bonds is 7. The van der Waals surface area contributed by atoms with E-state index >= 15 is 0 Å². The lowest BCUT2D eigenvalue weighted by atomic mass is 10.1. The van der Waals surface area contributed by atoms with Gasteiger partial charge < -0.3 is 10.4 Å². The quantitative estimate of drug-likeness (QED) is 0.774. The first-order valence-corrected chi connectivity index (χ1v) is 8.14. The Balaban J connectivity index is 2.74. The van der Waals surface area contributed by atoms with Gasteiger partial charge in [-0.3, -0.25) is 9.59 Å². The van der Waals surface area contributed by atoms with Gasteiger partial charge in [-0.15, -0.1) is 0 Å². The highest BCUT2D eigenvalue weighted by Crippen LogP contribution is 2.14. The van der Waals surface area contributed by atoms with E-state index in [1.54, 1.807) is 6.92 Å². The molecule has 0 radical (unpaired) electrons. The van der Waals surface area contributed by atoms with Gasteiger partial charge in [-0.25, -0.2) is 12.7 Å². The van der Waals surface area contributed by atoms with Crippen molar-refractivity contribution in [1.29, 1.82) is 0 Å². The Kier molecular flexibility index (Phi) is 6.07. The molecule has 0 saturated carbocycles. The van der Waals surface area contributed by atoms with Crippen molar-refractivity contribution in [2.75, 3.05) is 14.1 Å². The van der Waals surface area contributed by atoms with Crippen LogP contribution in [-0.2, 0) is 14.8 Å². The van der Waals surface area contributed by atoms with E-state index in [9.17, 15) is 18.0 Å². The number of sulfonamides is 1. The SMILES string of the molecule is CC(CCC(=O)O)NC(=O)c1ccc(S(=O)(=O)N(C)C)cc1. The molecule has 2 N–H and O–H groups in total. The maximum atomic E-state index is 12.0. The summed E-state index contributed by atoms with van der Waals surface area (Å²) in [5.41, 5.74) is 0.319. The van der Waals surface area contributed by atoms with Crippen LogP contribution in [0.25, 0.3) is 0 Å². The van der Waals surface area contributed by atoms with Crippen molar-refractivity contribution in [1.82, 2.24) is 9.62 Å². The van der Waals surface area contributed by atoms with Gasteiger partial charge in [0.2, 0.25) is 10.0 Å². The highest BCUT2D eigenvalue weighted by molar-refractivity contribution is 7.89. The number of carboxylic acids is 1. The average Bonchev–Trinajstić information content (AvgIpc) is 2.45. The Bertz CT molecular complexity index is 638. The van der Waals surface area contributed by atoms with Gasteiger partial charge in [0.1, 0.15) is 0 Å². The molecule has 1 aromatic rings. The number of nitrogens with one attached hydrogen (secondary N) is 1. The van der Waals surface area contributed by atoms with Crippen LogP contribution >= 0.6 is 0 Å². The highest BCUT2D eigenvalue weighted by atomic mass is 32.2. The van der Waals surface area contributed by atoms with Crippen molar-refractivity contribution in [2.45, 2.75) is 30.7 Å². The minimum absolute atomic E-state index is 0.0263. The largest absolute Gasteiger partial charge is 0.481 e. The molecule has 0 aromatic heterocycles. The van der Waals surface area contributed by atoms with E-state index in [2.05, 4.69) is 5.32 Å². The van der Waals surface area contributed by atoms with Gasteiger partial charge in [0.25, 0.3) is 5.91 Å². The van der Waals surface area contributed by atoms with E-state index in [-0.39, 0.29) is 23.3 Å². The molecule has 1 rings (SSSR count). The molecule has 1 aromatic carbocycles. The molecule has 8 heteroatoms. The zero-order valence-corrected chi connectivity index (χ0v) is 13.6. The van der Waals surface area contributed by atoms with E-state index in [0.29, 0.717) is 12.0 Å². The molecule has 0 saturated heterocycles. The molecular formula is C14H20N2O5S. The molecular weight excluding hydrogens is 308 g/mol. The summed E-state index contributed by atoms with van der Waals surface area (Å²) in [6.07, 6.45) is 0.301. The number of benzene rings is 1. The number of amides is 1. The van der Waals surface area contributed by atoms with Crippen LogP contribution in [0.1, 0.15) is 30.1 Å². The molecule has 1 amide bonds. The van der Waals surface area contributed by atoms with Gasteiger partial charge in [-0.2, -0.15) is 0 Å². The van der Waals surface area contributed by atoms with Crippen LogP contribution in [0.4, 0.5) is 0 Å². The number of aliphatic carboxylic acids is 1. The molecule has 0 bridgehead atoms. The average molecular weight is 328 g/mol. The summed E-state index contributed by atoms with van der Waals surface area (Å²) in [4.78, 5) is 22.6. The summed E-state index contributed by atoms with van der Waals surface area (Å²) in [7, 11) is -0.663. The second-order valence-electron chi connectivity index (χ2n) is 5.12. The molecule has 0 aliphatic rings. The topological polar surface area (TPSA) is 104 Å². The van der Waals surface area contributed by atoms with E-state index in [4.69, 9.17) is 5.11 Å². The fourth-order valence-corrected chi connectivity index (χ4v) is 2.61. The van der Waals surface area contributed by atoms with Crippen molar-refractivity contribution < 1.29 is 23.1 Å². The predicted molar refractivity (Wildman–Crippen MR) is 81.1 cm³/mol. The standard InChI is InChI=1S/C14H20N2O5S/c1-10(4-9-13(17)18)15-14(19)11-5-7-12(8-6-11)22(20,21)16(2)3/h5-8,10H,4,9H2,1-3H3,(H,15,19)(H,17,18). The number of nitrogens with zero attached hydrogens (tertiary/aromatic N) is 1. The van der Waals surface area contributed by atoms with Gasteiger partial charge in [0.15, 0.2) is 0 Å². The molecule has 22 heavy (non-hydrogen) atoms. The lowest BCUT2D eigenvalue weighted by molar-refractivity contribution is -0.137. The van der Waals surface area contributed by atoms with Crippen molar-refractivity contribution in [3.05, 3.63) is 29.8 Å². The molecule has 0 aliphatic heterocycles. The molecule has 1 unspecified atom stereocenters. The molecule has 0 spiro atoms. The summed E-state index contributed by atoms with van der Waals surface area (Å²) < 4.78 is 24.9. The summed E-state index contributed by atoms with van der Waals surface area (Å²) in [5.74, 6) is -1.29. The van der Waals surface area contributed by atoms with Gasteiger partial charge in [0.05, 0.1) is 4.90 Å². The maximum absolute atomic E-state index is 12.0. The van der Waals surface area contributed by atoms with Gasteiger partial charge in [0, 0.05) is 32.1 Å². The third-order valence-electron chi connectivity index (χ3n) is 3.06. The van der Waals surface area contributed by atoms with Crippen molar-refractivity contribution in [2.24, 2.45) is 0 Å². The summed E-state index contributed by atoms with van der Waals surface area (Å²) in [6, 6.07) is 5.30. The summed E-state index contributed by atoms with van der Waals surface area (Å²) in [6.45, 7) is 1.71. The van der Waals surface area contributed by atoms with Crippen molar-refractivity contribution >= 4 is 21.9 Å². The van der Waals surface area contributed by atoms with Crippen LogP contribution in [-0.4, -0.2) is 49.8 Å². The number of carbonyl (C=O) groups is 2. The van der Waals surface area contributed by atoms with E-state index in [1.165, 1.54) is 38.4 Å². The third-order valence-corrected chi connectivity index (χ3v) is 4.89. The number of hydrogen-bond acceptors (Lipinski definition) is 4. The second-order valence-corrected chi connectivity index (χ2v) is 7.27. The fourth-order valence-electron chi connectivity index (χ4n) is 1.71. The highest BCUT2D eigenvalue weighted by Gasteiger charge is 2.18. The van der Waals surface area contributed by atoms with Gasteiger partial charge >= 0.3 is 5.97 Å². The van der Waals surface area contributed by atoms with Crippen LogP contribution < -0.4 is 5.32 Å². The molecule has 7 nitrogen and oxygen atoms in total. The summed E-state index contributed by atoms with van der Waals surface area (Å²) >= 11 is 0. The zero-order valence-electron chi connectivity index (χ0n) is 12.7. The number of carboxylic acid groups (broad SMARTS) is 1. The minimum atomic E-state index is -3.52. The minimum Gasteiger partial charge on any atom is -0.481 e. The smallest absolute Gasteiger partial charge is 0.303 e. The number of hydrogen-bond donors (Lipinski definition) is 2. The van der Waals surface area contributed by atoms with Gasteiger partial charge in [-0.1, -0.05) is 0 Å². The van der Waals surface area contributed by atoms with Crippen LogP contribution in [0.5, 0.6) is 0 Å². The monoisotopic (exact) mass is 328 g/mol. The molecule has 0 heterocycles. The molecule has 0 aliphatic carbocycles. The van der Waals surface area contributed by atoms with Gasteiger partial charge in [-0.05, 0) is 37.6 Å². The molecule has 0 fully saturated rings. The van der Waals surface area contributed by atoms with Crippen LogP contribution in [0.3, 0.4) is 0 Å². The zero-order chi connectivity index (χ0) is 16.9. The predicted octanol–water partition coefficient (Wildman–Crippen LogP) is 0.920. The molecule has 1 atom stereocenters. The first kappa shape index (κ1) is 18.1. The molecule has 122 valence electrons. The first-order valence-electron chi connectivity index (χ1n) is 6.70. The van der Waals surface area contributed by atoms with Crippen LogP contribution in [0, 0.1) is 0 Å². The van der Waals surface area contributed by atoms with E-state index in [1.807, 2.05) is 0 Å². The Morgan fingerprint density at radius 2 is 1.77 bits per heavy atom. The normalized spacial score (nSPS) is 12.9. The van der Waals surface area contributed by atoms with Crippen LogP contribution in [0.2, 0.25) is 0 Å². The third kappa shape index (κ3) is 4.81. The lowest BCUT2D eigenvalue weighted by Crippen LogP contribution is -2.33. The maximum Gasteiger partial charge on any atom is 0.303 e. The lowest BCUT2D eigenvalue weighted by Gasteiger charge is -2.14. The first-order chi connectivity index (χ1) is 10.1. The van der Waals surface area contributed by atoms with E-state index in [0.717, 1.165) is 4.31 Å². The Morgan fingerprint density at radius 3 is 2.23 bits per heavy atom. The Morgan fingerprint density at radius 1 is 1.23 bits per heavy atom. The van der Waals surface area contributed by atoms with E-state index < -0.39 is 16.0 Å². The Labute approximate surface area is 130 Å². The number of carbonyl (C=O) groups excluding carboxylic acids is 1. The van der Waals surface area contributed by atoms with Crippen molar-refractivity contribution in [3.8, 4) is 0 Å².